The number of nitriles is 1. The van der Waals surface area contributed by atoms with Crippen molar-refractivity contribution in [2.75, 3.05) is 13.7 Å². The number of rotatable bonds is 2. The van der Waals surface area contributed by atoms with Gasteiger partial charge in [-0.2, -0.15) is 5.26 Å². The topological polar surface area (TPSA) is 70.4 Å². The molecule has 0 radical (unpaired) electrons. The second-order valence-electron chi connectivity index (χ2n) is 3.89. The van der Waals surface area contributed by atoms with Crippen LogP contribution in [0.3, 0.4) is 0 Å². The third-order valence-electron chi connectivity index (χ3n) is 2.82. The van der Waals surface area contributed by atoms with Crippen molar-refractivity contribution in [3.8, 4) is 6.07 Å². The van der Waals surface area contributed by atoms with Crippen molar-refractivity contribution >= 4 is 35.1 Å². The lowest BCUT2D eigenvalue weighted by atomic mass is 10.1. The molecule has 1 atom stereocenters. The standard InChI is InChI=1S/C12H8Cl2N2O3/c1-19-10(17)5-16-9(4-15)11-7(12(16)18)2-6(13)3-8(11)14/h2-3,9H,5H2,1H3. The van der Waals surface area contributed by atoms with Crippen LogP contribution < -0.4 is 0 Å². The first-order chi connectivity index (χ1) is 8.99. The largest absolute Gasteiger partial charge is 0.468 e. The fourth-order valence-electron chi connectivity index (χ4n) is 1.97. The molecule has 0 aromatic heterocycles. The Morgan fingerprint density at radius 2 is 2.21 bits per heavy atom. The lowest BCUT2D eigenvalue weighted by Crippen LogP contribution is -2.33. The summed E-state index contributed by atoms with van der Waals surface area (Å²) in [7, 11) is 1.21. The quantitative estimate of drug-likeness (QED) is 0.785. The van der Waals surface area contributed by atoms with Gasteiger partial charge in [0.25, 0.3) is 5.91 Å². The minimum atomic E-state index is -0.911. The van der Waals surface area contributed by atoms with E-state index in [1.54, 1.807) is 0 Å². The van der Waals surface area contributed by atoms with Crippen LogP contribution in [-0.4, -0.2) is 30.4 Å². The third-order valence-corrected chi connectivity index (χ3v) is 3.35. The van der Waals surface area contributed by atoms with E-state index >= 15 is 0 Å². The van der Waals surface area contributed by atoms with Crippen LogP contribution >= 0.6 is 23.2 Å². The van der Waals surface area contributed by atoms with E-state index < -0.39 is 17.9 Å². The Morgan fingerprint density at radius 3 is 2.79 bits per heavy atom. The van der Waals surface area contributed by atoms with Crippen molar-refractivity contribution < 1.29 is 14.3 Å². The summed E-state index contributed by atoms with van der Waals surface area (Å²) in [4.78, 5) is 24.6. The molecule has 1 amide bonds. The van der Waals surface area contributed by atoms with E-state index in [1.807, 2.05) is 6.07 Å². The maximum absolute atomic E-state index is 12.2. The summed E-state index contributed by atoms with van der Waals surface area (Å²) in [5.41, 5.74) is 0.621. The van der Waals surface area contributed by atoms with Gasteiger partial charge in [0.2, 0.25) is 0 Å². The van der Waals surface area contributed by atoms with Crippen LogP contribution in [0.25, 0.3) is 0 Å². The number of carbonyl (C=O) groups excluding carboxylic acids is 2. The summed E-state index contributed by atoms with van der Waals surface area (Å²) in [5.74, 6) is -1.07. The Kier molecular flexibility index (Phi) is 3.65. The Labute approximate surface area is 119 Å². The van der Waals surface area contributed by atoms with Crippen molar-refractivity contribution in [1.29, 1.82) is 5.26 Å². The number of hydrogen-bond donors (Lipinski definition) is 0. The molecule has 0 spiro atoms. The second kappa shape index (κ2) is 5.08. The number of amides is 1. The SMILES string of the molecule is COC(=O)CN1C(=O)c2cc(Cl)cc(Cl)c2C1C#N. The summed E-state index contributed by atoms with van der Waals surface area (Å²) in [6.07, 6.45) is 0. The number of halogens is 2. The Morgan fingerprint density at radius 1 is 1.53 bits per heavy atom. The molecule has 0 N–H and O–H groups in total. The van der Waals surface area contributed by atoms with Gasteiger partial charge in [-0.05, 0) is 12.1 Å². The zero-order valence-electron chi connectivity index (χ0n) is 9.81. The number of fused-ring (bicyclic) bond motifs is 1. The first-order valence-electron chi connectivity index (χ1n) is 5.26. The van der Waals surface area contributed by atoms with E-state index in [9.17, 15) is 14.9 Å². The first-order valence-corrected chi connectivity index (χ1v) is 6.01. The highest BCUT2D eigenvalue weighted by Crippen LogP contribution is 2.39. The predicted molar refractivity (Wildman–Crippen MR) is 67.9 cm³/mol. The van der Waals surface area contributed by atoms with Crippen LogP contribution in [0.2, 0.25) is 10.0 Å². The molecule has 5 nitrogen and oxygen atoms in total. The van der Waals surface area contributed by atoms with Gasteiger partial charge in [-0.15, -0.1) is 0 Å². The van der Waals surface area contributed by atoms with Gasteiger partial charge >= 0.3 is 5.97 Å². The van der Waals surface area contributed by atoms with Gasteiger partial charge < -0.3 is 9.64 Å². The van der Waals surface area contributed by atoms with Gasteiger partial charge in [-0.1, -0.05) is 23.2 Å². The number of nitrogens with zero attached hydrogens (tertiary/aromatic N) is 2. The highest BCUT2D eigenvalue weighted by atomic mass is 35.5. The predicted octanol–water partition coefficient (Wildman–Crippen LogP) is 2.19. The normalized spacial score (nSPS) is 17.1. The highest BCUT2D eigenvalue weighted by Gasteiger charge is 2.40. The molecule has 7 heteroatoms. The molecule has 1 aliphatic rings. The molecule has 2 rings (SSSR count). The van der Waals surface area contributed by atoms with Gasteiger partial charge in [0.1, 0.15) is 12.6 Å². The molecule has 1 aromatic carbocycles. The highest BCUT2D eigenvalue weighted by molar-refractivity contribution is 6.36. The van der Waals surface area contributed by atoms with Crippen molar-refractivity contribution in [3.05, 3.63) is 33.3 Å². The van der Waals surface area contributed by atoms with E-state index in [0.717, 1.165) is 4.90 Å². The Bertz CT molecular complexity index is 610. The van der Waals surface area contributed by atoms with Crippen LogP contribution in [0.4, 0.5) is 0 Å². The van der Waals surface area contributed by atoms with Gasteiger partial charge in [0.15, 0.2) is 0 Å². The van der Waals surface area contributed by atoms with Gasteiger partial charge in [-0.25, -0.2) is 0 Å². The summed E-state index contributed by atoms with van der Waals surface area (Å²) in [5, 5.41) is 9.72. The van der Waals surface area contributed by atoms with Gasteiger partial charge in [0.05, 0.1) is 13.2 Å². The summed E-state index contributed by atoms with van der Waals surface area (Å²) in [6.45, 7) is -0.309. The van der Waals surface area contributed by atoms with E-state index in [1.165, 1.54) is 19.2 Å². The second-order valence-corrected chi connectivity index (χ2v) is 4.73. The molecule has 98 valence electrons. The van der Waals surface area contributed by atoms with Crippen LogP contribution in [0.15, 0.2) is 12.1 Å². The van der Waals surface area contributed by atoms with Gasteiger partial charge in [0, 0.05) is 21.2 Å². The van der Waals surface area contributed by atoms with E-state index in [-0.39, 0.29) is 17.1 Å². The van der Waals surface area contributed by atoms with E-state index in [4.69, 9.17) is 23.2 Å². The number of esters is 1. The van der Waals surface area contributed by atoms with E-state index in [0.29, 0.717) is 10.6 Å². The molecule has 1 heterocycles. The monoisotopic (exact) mass is 298 g/mol. The fourth-order valence-corrected chi connectivity index (χ4v) is 2.57. The Balaban J connectivity index is 2.49. The van der Waals surface area contributed by atoms with Crippen LogP contribution in [0.1, 0.15) is 22.0 Å². The first kappa shape index (κ1) is 13.7. The number of benzene rings is 1. The minimum Gasteiger partial charge on any atom is -0.468 e. The maximum atomic E-state index is 12.2. The molecule has 0 saturated heterocycles. The van der Waals surface area contributed by atoms with Crippen molar-refractivity contribution in [2.45, 2.75) is 6.04 Å². The Hall–Kier alpha value is -1.77. The number of carbonyl (C=O) groups is 2. The molecule has 0 aliphatic carbocycles. The van der Waals surface area contributed by atoms with Crippen LogP contribution in [0, 0.1) is 11.3 Å². The van der Waals surface area contributed by atoms with Crippen molar-refractivity contribution in [3.63, 3.8) is 0 Å². The summed E-state index contributed by atoms with van der Waals surface area (Å²) in [6, 6.07) is 3.95. The number of methoxy groups -OCH3 is 1. The molecular weight excluding hydrogens is 291 g/mol. The molecule has 0 saturated carbocycles. The number of ether oxygens (including phenoxy) is 1. The number of hydrogen-bond acceptors (Lipinski definition) is 4. The van der Waals surface area contributed by atoms with E-state index in [2.05, 4.69) is 4.74 Å². The zero-order valence-corrected chi connectivity index (χ0v) is 11.3. The maximum Gasteiger partial charge on any atom is 0.325 e. The van der Waals surface area contributed by atoms with Crippen molar-refractivity contribution in [1.82, 2.24) is 4.90 Å². The third kappa shape index (κ3) is 2.25. The fraction of sp³-hybridized carbons (Fsp3) is 0.250. The molecule has 0 fully saturated rings. The smallest absolute Gasteiger partial charge is 0.325 e. The lowest BCUT2D eigenvalue weighted by Gasteiger charge is -2.18. The molecular formula is C12H8Cl2N2O3. The molecule has 1 aromatic rings. The van der Waals surface area contributed by atoms with Crippen molar-refractivity contribution in [2.24, 2.45) is 0 Å². The zero-order chi connectivity index (χ0) is 14.2. The van der Waals surface area contributed by atoms with Gasteiger partial charge in [-0.3, -0.25) is 9.59 Å². The minimum absolute atomic E-state index is 0.231. The van der Waals surface area contributed by atoms with Crippen LogP contribution in [0.5, 0.6) is 0 Å². The summed E-state index contributed by atoms with van der Waals surface area (Å²) >= 11 is 11.9. The molecule has 0 bridgehead atoms. The average molecular weight is 299 g/mol. The summed E-state index contributed by atoms with van der Waals surface area (Å²) < 4.78 is 4.50. The molecule has 19 heavy (non-hydrogen) atoms. The lowest BCUT2D eigenvalue weighted by molar-refractivity contribution is -0.141. The molecule has 1 unspecified atom stereocenters. The molecule has 1 aliphatic heterocycles. The average Bonchev–Trinajstić information content (AvgIpc) is 2.63. The van der Waals surface area contributed by atoms with Crippen LogP contribution in [-0.2, 0) is 9.53 Å².